The number of rotatable bonds is 5. The smallest absolute Gasteiger partial charge is 0.316 e. The van der Waals surface area contributed by atoms with Crippen molar-refractivity contribution in [1.29, 1.82) is 0 Å². The zero-order valence-corrected chi connectivity index (χ0v) is 18.6. The van der Waals surface area contributed by atoms with E-state index in [0.29, 0.717) is 16.3 Å². The number of carbonyl (C=O) groups is 2. The van der Waals surface area contributed by atoms with Crippen LogP contribution in [0.3, 0.4) is 0 Å². The monoisotopic (exact) mass is 456 g/mol. The van der Waals surface area contributed by atoms with Gasteiger partial charge >= 0.3 is 6.03 Å². The molecule has 168 valence electrons. The number of fused-ring (bicyclic) bond motifs is 2. The van der Waals surface area contributed by atoms with Gasteiger partial charge in [-0.05, 0) is 66.8 Å². The normalized spacial score (nSPS) is 20.7. The fourth-order valence-corrected chi connectivity index (χ4v) is 4.82. The molecule has 6 nitrogen and oxygen atoms in total. The van der Waals surface area contributed by atoms with Gasteiger partial charge in [0.05, 0.1) is 5.69 Å². The van der Waals surface area contributed by atoms with Crippen LogP contribution in [-0.4, -0.2) is 46.9 Å². The number of nitrogens with zero attached hydrogens (tertiary/aromatic N) is 2. The topological polar surface area (TPSA) is 78.7 Å². The number of primary amides is 1. The van der Waals surface area contributed by atoms with Crippen LogP contribution in [0.4, 0.5) is 14.9 Å². The minimum atomic E-state index is -0.693. The second kappa shape index (κ2) is 9.30. The lowest BCUT2D eigenvalue weighted by Crippen LogP contribution is -2.55. The van der Waals surface area contributed by atoms with Crippen molar-refractivity contribution >= 4 is 35.3 Å². The molecule has 3 amide bonds. The summed E-state index contributed by atoms with van der Waals surface area (Å²) >= 11 is 6.16. The highest BCUT2D eigenvalue weighted by atomic mass is 35.5. The van der Waals surface area contributed by atoms with Crippen LogP contribution in [0.2, 0.25) is 5.02 Å². The minimum absolute atomic E-state index is 0.0449. The molecule has 0 radical (unpaired) electrons. The minimum Gasteiger partial charge on any atom is -0.351 e. The average molecular weight is 457 g/mol. The fraction of sp³-hybridized carbons (Fsp3) is 0.333. The molecule has 2 fully saturated rings. The van der Waals surface area contributed by atoms with E-state index in [9.17, 15) is 14.0 Å². The number of halogens is 2. The molecule has 0 aliphatic carbocycles. The predicted octanol–water partition coefficient (Wildman–Crippen LogP) is 4.17. The highest BCUT2D eigenvalue weighted by molar-refractivity contribution is 6.31. The van der Waals surface area contributed by atoms with Crippen molar-refractivity contribution in [3.63, 3.8) is 0 Å². The Balaban J connectivity index is 1.45. The first-order valence-electron chi connectivity index (χ1n) is 10.6. The summed E-state index contributed by atoms with van der Waals surface area (Å²) < 4.78 is 13.2. The first-order valence-corrected chi connectivity index (χ1v) is 11.0. The van der Waals surface area contributed by atoms with Gasteiger partial charge in [-0.15, -0.1) is 0 Å². The molecule has 32 heavy (non-hydrogen) atoms. The Morgan fingerprint density at radius 1 is 1.19 bits per heavy atom. The van der Waals surface area contributed by atoms with Crippen LogP contribution in [0.15, 0.2) is 42.5 Å². The molecule has 2 aliphatic heterocycles. The zero-order chi connectivity index (χ0) is 22.8. The van der Waals surface area contributed by atoms with Crippen molar-refractivity contribution in [2.45, 2.75) is 38.4 Å². The number of piperazine rings is 1. The standard InChI is InChI=1S/C24H26ClFN4O2/c1-15-10-17(22(11-21(15)25)28-24(27)32)4-9-23(31)30-19-7-8-20(30)14-29(13-19)12-16-2-5-18(26)6-3-16/h2-6,9-11,19-20H,7-8,12-14H2,1H3,(H3,27,28,32)/b9-4+. The van der Waals surface area contributed by atoms with Gasteiger partial charge in [0.25, 0.3) is 0 Å². The number of hydrogen-bond acceptors (Lipinski definition) is 3. The third-order valence-corrected chi connectivity index (χ3v) is 6.53. The first-order chi connectivity index (χ1) is 15.3. The molecule has 2 bridgehead atoms. The lowest BCUT2D eigenvalue weighted by atomic mass is 10.1. The van der Waals surface area contributed by atoms with E-state index >= 15 is 0 Å². The van der Waals surface area contributed by atoms with Crippen LogP contribution in [-0.2, 0) is 11.3 Å². The molecule has 2 unspecified atom stereocenters. The summed E-state index contributed by atoms with van der Waals surface area (Å²) in [5.41, 5.74) is 8.29. The Bertz CT molecular complexity index is 1040. The summed E-state index contributed by atoms with van der Waals surface area (Å²) in [6, 6.07) is 9.63. The molecule has 2 aromatic rings. The lowest BCUT2D eigenvalue weighted by molar-refractivity contribution is -0.131. The summed E-state index contributed by atoms with van der Waals surface area (Å²) in [5.74, 6) is -0.280. The molecule has 2 aliphatic rings. The Morgan fingerprint density at radius 3 is 2.47 bits per heavy atom. The van der Waals surface area contributed by atoms with E-state index in [1.165, 1.54) is 12.1 Å². The molecule has 2 heterocycles. The van der Waals surface area contributed by atoms with Crippen molar-refractivity contribution in [2.24, 2.45) is 5.73 Å². The number of hydrogen-bond donors (Lipinski definition) is 2. The number of nitrogens with two attached hydrogens (primary N) is 1. The van der Waals surface area contributed by atoms with Gasteiger partial charge < -0.3 is 16.0 Å². The molecule has 0 saturated carbocycles. The summed E-state index contributed by atoms with van der Waals surface area (Å²) in [4.78, 5) is 28.7. The van der Waals surface area contributed by atoms with Crippen molar-refractivity contribution < 1.29 is 14.0 Å². The second-order valence-corrected chi connectivity index (χ2v) is 8.87. The van der Waals surface area contributed by atoms with E-state index in [2.05, 4.69) is 10.2 Å². The maximum atomic E-state index is 13.2. The molecular weight excluding hydrogens is 431 g/mol. The number of urea groups is 1. The summed E-state index contributed by atoms with van der Waals surface area (Å²) in [5, 5.41) is 3.06. The highest BCUT2D eigenvalue weighted by Gasteiger charge is 2.41. The van der Waals surface area contributed by atoms with Gasteiger partial charge in [-0.2, -0.15) is 0 Å². The van der Waals surface area contributed by atoms with Gasteiger partial charge in [0, 0.05) is 42.8 Å². The Morgan fingerprint density at radius 2 is 1.84 bits per heavy atom. The Kier molecular flexibility index (Phi) is 6.48. The van der Waals surface area contributed by atoms with Gasteiger partial charge in [-0.3, -0.25) is 9.69 Å². The third-order valence-electron chi connectivity index (χ3n) is 6.13. The number of anilines is 1. The third kappa shape index (κ3) is 4.95. The van der Waals surface area contributed by atoms with E-state index < -0.39 is 6.03 Å². The van der Waals surface area contributed by atoms with Crippen LogP contribution in [0.25, 0.3) is 6.08 Å². The van der Waals surface area contributed by atoms with Gasteiger partial charge in [0.15, 0.2) is 0 Å². The highest BCUT2D eigenvalue weighted by Crippen LogP contribution is 2.32. The van der Waals surface area contributed by atoms with Crippen LogP contribution in [0.5, 0.6) is 0 Å². The molecule has 2 saturated heterocycles. The van der Waals surface area contributed by atoms with Gasteiger partial charge in [-0.1, -0.05) is 23.7 Å². The Hall–Kier alpha value is -2.90. The number of likely N-dealkylation sites (tertiary alicyclic amines) is 1. The summed E-state index contributed by atoms with van der Waals surface area (Å²) in [7, 11) is 0. The van der Waals surface area contributed by atoms with Crippen LogP contribution >= 0.6 is 11.6 Å². The summed E-state index contributed by atoms with van der Waals surface area (Å²) in [6.07, 6.45) is 5.19. The maximum Gasteiger partial charge on any atom is 0.316 e. The number of carbonyl (C=O) groups excluding carboxylic acids is 2. The summed E-state index contributed by atoms with van der Waals surface area (Å²) in [6.45, 7) is 4.19. The number of benzene rings is 2. The largest absolute Gasteiger partial charge is 0.351 e. The SMILES string of the molecule is Cc1cc(/C=C/C(=O)N2C3CCC2CN(Cc2ccc(F)cc2)C3)c(NC(N)=O)cc1Cl. The molecule has 2 atom stereocenters. The molecule has 3 N–H and O–H groups in total. The Labute approximate surface area is 191 Å². The number of amides is 3. The van der Waals surface area contributed by atoms with Crippen LogP contribution in [0, 0.1) is 12.7 Å². The zero-order valence-electron chi connectivity index (χ0n) is 17.9. The average Bonchev–Trinajstić information content (AvgIpc) is 3.01. The fourth-order valence-electron chi connectivity index (χ4n) is 4.66. The molecule has 0 aromatic heterocycles. The van der Waals surface area contributed by atoms with Crippen LogP contribution in [0.1, 0.15) is 29.5 Å². The quantitative estimate of drug-likeness (QED) is 0.663. The van der Waals surface area contributed by atoms with Crippen molar-refractivity contribution in [1.82, 2.24) is 9.80 Å². The molecule has 2 aromatic carbocycles. The van der Waals surface area contributed by atoms with E-state index in [0.717, 1.165) is 43.6 Å². The van der Waals surface area contributed by atoms with Crippen molar-refractivity contribution in [2.75, 3.05) is 18.4 Å². The number of nitrogens with one attached hydrogen (secondary N) is 1. The molecule has 8 heteroatoms. The van der Waals surface area contributed by atoms with E-state index in [-0.39, 0.29) is 23.8 Å². The van der Waals surface area contributed by atoms with E-state index in [1.807, 2.05) is 30.0 Å². The molecule has 0 spiro atoms. The van der Waals surface area contributed by atoms with Crippen molar-refractivity contribution in [3.8, 4) is 0 Å². The lowest BCUT2D eigenvalue weighted by Gasteiger charge is -2.40. The van der Waals surface area contributed by atoms with Gasteiger partial charge in [-0.25, -0.2) is 9.18 Å². The van der Waals surface area contributed by atoms with Crippen molar-refractivity contribution in [3.05, 3.63) is 70.0 Å². The van der Waals surface area contributed by atoms with Gasteiger partial charge in [0.1, 0.15) is 5.82 Å². The van der Waals surface area contributed by atoms with Crippen LogP contribution < -0.4 is 11.1 Å². The van der Waals surface area contributed by atoms with E-state index in [4.69, 9.17) is 17.3 Å². The van der Waals surface area contributed by atoms with E-state index in [1.54, 1.807) is 18.2 Å². The molecule has 4 rings (SSSR count). The maximum absolute atomic E-state index is 13.2. The second-order valence-electron chi connectivity index (χ2n) is 8.46. The predicted molar refractivity (Wildman–Crippen MR) is 124 cm³/mol. The molecular formula is C24H26ClFN4O2. The number of aryl methyl sites for hydroxylation is 1. The first kappa shape index (κ1) is 22.3. The van der Waals surface area contributed by atoms with Gasteiger partial charge in [0.2, 0.25) is 5.91 Å².